The molecule has 0 aromatic carbocycles. The Hall–Kier alpha value is 0. The molecule has 0 saturated heterocycles. The maximum absolute atomic E-state index is 2.56. The van der Waals surface area contributed by atoms with Gasteiger partial charge in [-0.3, -0.25) is 0 Å². The summed E-state index contributed by atoms with van der Waals surface area (Å²) in [6.45, 7) is 2.56. The Morgan fingerprint density at radius 1 is 0.667 bits per heavy atom. The van der Waals surface area contributed by atoms with Crippen molar-refractivity contribution in [3.8, 4) is 0 Å². The Morgan fingerprint density at radius 3 is 1.73 bits per heavy atom. The van der Waals surface area contributed by atoms with Crippen LogP contribution in [0, 0.1) is 11.3 Å². The van der Waals surface area contributed by atoms with Gasteiger partial charge in [-0.05, 0) is 37.0 Å². The first kappa shape index (κ1) is 11.5. The van der Waals surface area contributed by atoms with Gasteiger partial charge in [0.1, 0.15) is 0 Å². The fraction of sp³-hybridized carbons (Fsp3) is 0.933. The molecule has 2 aliphatic carbocycles. The van der Waals surface area contributed by atoms with Gasteiger partial charge < -0.3 is 0 Å². The largest absolute Gasteiger partial charge is 0.0591 e. The molecule has 2 fully saturated rings. The van der Waals surface area contributed by atoms with Gasteiger partial charge in [0.25, 0.3) is 0 Å². The average Bonchev–Trinajstić information content (AvgIpc) is 2.17. The van der Waals surface area contributed by atoms with Crippen molar-refractivity contribution in [1.82, 2.24) is 0 Å². The van der Waals surface area contributed by atoms with Crippen molar-refractivity contribution in [3.05, 3.63) is 5.92 Å². The minimum atomic E-state index is 0.648. The van der Waals surface area contributed by atoms with Crippen LogP contribution in [0.5, 0.6) is 0 Å². The van der Waals surface area contributed by atoms with Crippen molar-refractivity contribution < 1.29 is 0 Å². The van der Waals surface area contributed by atoms with Crippen LogP contribution in [0.2, 0.25) is 0 Å². The molecule has 0 aromatic heterocycles. The Labute approximate surface area is 95.8 Å². The lowest BCUT2D eigenvalue weighted by atomic mass is 9.64. The minimum Gasteiger partial charge on any atom is -0.0591 e. The quantitative estimate of drug-likeness (QED) is 0.549. The lowest BCUT2D eigenvalue weighted by molar-refractivity contribution is 0.206. The molecule has 0 unspecified atom stereocenters. The molecular weight excluding hydrogens is 180 g/mol. The summed E-state index contributed by atoms with van der Waals surface area (Å²) in [5.41, 5.74) is 0.648. The second-order valence-electron chi connectivity index (χ2n) is 5.99. The van der Waals surface area contributed by atoms with E-state index in [1.54, 1.807) is 0 Å². The first-order chi connectivity index (χ1) is 7.31. The Morgan fingerprint density at radius 2 is 1.13 bits per heavy atom. The maximum atomic E-state index is 2.56. The number of rotatable bonds is 1. The van der Waals surface area contributed by atoms with Gasteiger partial charge in [-0.25, -0.2) is 0 Å². The summed E-state index contributed by atoms with van der Waals surface area (Å²) in [4.78, 5) is 0. The molecule has 0 aromatic rings. The Kier molecular flexibility index (Phi) is 4.11. The first-order valence-corrected chi connectivity index (χ1v) is 7.16. The second kappa shape index (κ2) is 5.37. The zero-order chi connectivity index (χ0) is 10.6. The van der Waals surface area contributed by atoms with Crippen molar-refractivity contribution in [2.45, 2.75) is 84.0 Å². The summed E-state index contributed by atoms with van der Waals surface area (Å²) in [5, 5.41) is 0. The van der Waals surface area contributed by atoms with Crippen LogP contribution in [0.25, 0.3) is 0 Å². The Bertz CT molecular complexity index is 168. The Balaban J connectivity index is 1.92. The molecule has 2 aliphatic rings. The van der Waals surface area contributed by atoms with E-state index in [1.165, 1.54) is 77.0 Å². The molecule has 0 bridgehead atoms. The van der Waals surface area contributed by atoms with E-state index in [0.717, 1.165) is 0 Å². The van der Waals surface area contributed by atoms with Crippen molar-refractivity contribution >= 4 is 0 Å². The van der Waals surface area contributed by atoms with Crippen LogP contribution in [-0.2, 0) is 0 Å². The lowest BCUT2D eigenvalue weighted by Crippen LogP contribution is -2.28. The van der Waals surface area contributed by atoms with E-state index in [9.17, 15) is 0 Å². The minimum absolute atomic E-state index is 0.648. The van der Waals surface area contributed by atoms with E-state index in [1.807, 2.05) is 5.92 Å². The lowest BCUT2D eigenvalue weighted by Gasteiger charge is -2.41. The smallest absolute Gasteiger partial charge is 0.0182 e. The summed E-state index contributed by atoms with van der Waals surface area (Å²) in [7, 11) is 0. The fourth-order valence-corrected chi connectivity index (χ4v) is 3.62. The van der Waals surface area contributed by atoms with Crippen molar-refractivity contribution in [2.24, 2.45) is 5.41 Å². The van der Waals surface area contributed by atoms with Gasteiger partial charge in [0.05, 0.1) is 0 Å². The molecule has 0 nitrogen and oxygen atoms in total. The molecule has 2 saturated carbocycles. The van der Waals surface area contributed by atoms with E-state index >= 15 is 0 Å². The van der Waals surface area contributed by atoms with Crippen molar-refractivity contribution in [3.63, 3.8) is 0 Å². The highest BCUT2D eigenvalue weighted by Crippen LogP contribution is 2.48. The zero-order valence-corrected chi connectivity index (χ0v) is 10.5. The summed E-state index contributed by atoms with van der Waals surface area (Å²) >= 11 is 0. The normalized spacial score (nSPS) is 29.4. The fourth-order valence-electron chi connectivity index (χ4n) is 3.62. The second-order valence-corrected chi connectivity index (χ2v) is 5.99. The molecule has 0 heterocycles. The van der Waals surface area contributed by atoms with Crippen LogP contribution in [0.3, 0.4) is 0 Å². The molecule has 0 aliphatic heterocycles. The van der Waals surface area contributed by atoms with Gasteiger partial charge in [-0.15, -0.1) is 0 Å². The zero-order valence-electron chi connectivity index (χ0n) is 10.5. The highest BCUT2D eigenvalue weighted by molar-refractivity contribution is 5.06. The SMILES string of the molecule is CC1([C]2CCCCCCC2)CCCCC1. The van der Waals surface area contributed by atoms with E-state index in [2.05, 4.69) is 6.92 Å². The van der Waals surface area contributed by atoms with Crippen molar-refractivity contribution in [2.75, 3.05) is 0 Å². The molecule has 87 valence electrons. The van der Waals surface area contributed by atoms with E-state index < -0.39 is 0 Å². The number of hydrogen-bond donors (Lipinski definition) is 0. The van der Waals surface area contributed by atoms with E-state index in [0.29, 0.717) is 5.41 Å². The highest BCUT2D eigenvalue weighted by Gasteiger charge is 2.35. The number of hydrogen-bond acceptors (Lipinski definition) is 0. The molecule has 15 heavy (non-hydrogen) atoms. The first-order valence-electron chi connectivity index (χ1n) is 7.16. The summed E-state index contributed by atoms with van der Waals surface area (Å²) < 4.78 is 0. The molecule has 0 atom stereocenters. The van der Waals surface area contributed by atoms with Crippen LogP contribution in [0.4, 0.5) is 0 Å². The van der Waals surface area contributed by atoms with Gasteiger partial charge in [-0.1, -0.05) is 58.3 Å². The summed E-state index contributed by atoms with van der Waals surface area (Å²) in [6, 6.07) is 0. The van der Waals surface area contributed by atoms with Gasteiger partial charge in [0.2, 0.25) is 0 Å². The third-order valence-electron chi connectivity index (χ3n) is 4.77. The maximum Gasteiger partial charge on any atom is -0.0182 e. The van der Waals surface area contributed by atoms with Crippen LogP contribution in [-0.4, -0.2) is 0 Å². The van der Waals surface area contributed by atoms with Gasteiger partial charge >= 0.3 is 0 Å². The topological polar surface area (TPSA) is 0 Å². The molecule has 0 amide bonds. The third kappa shape index (κ3) is 2.98. The van der Waals surface area contributed by atoms with E-state index in [-0.39, 0.29) is 0 Å². The van der Waals surface area contributed by atoms with E-state index in [4.69, 9.17) is 0 Å². The molecule has 0 heteroatoms. The molecule has 0 N–H and O–H groups in total. The van der Waals surface area contributed by atoms with Crippen LogP contribution < -0.4 is 0 Å². The predicted octanol–water partition coefficient (Wildman–Crippen LogP) is 5.28. The molecule has 1 radical (unpaired) electrons. The predicted molar refractivity (Wildman–Crippen MR) is 66.8 cm³/mol. The van der Waals surface area contributed by atoms with Crippen molar-refractivity contribution in [1.29, 1.82) is 0 Å². The average molecular weight is 207 g/mol. The van der Waals surface area contributed by atoms with Gasteiger partial charge in [0, 0.05) is 0 Å². The summed E-state index contributed by atoms with van der Waals surface area (Å²) in [5.74, 6) is 1.95. The molecular formula is C15H27. The monoisotopic (exact) mass is 207 g/mol. The van der Waals surface area contributed by atoms with Crippen LogP contribution in [0.1, 0.15) is 84.0 Å². The summed E-state index contributed by atoms with van der Waals surface area (Å²) in [6.07, 6.45) is 17.8. The molecule has 0 spiro atoms. The van der Waals surface area contributed by atoms with Crippen LogP contribution in [0.15, 0.2) is 0 Å². The van der Waals surface area contributed by atoms with Crippen LogP contribution >= 0.6 is 0 Å². The van der Waals surface area contributed by atoms with Gasteiger partial charge in [0.15, 0.2) is 0 Å². The molecule has 2 rings (SSSR count). The standard InChI is InChI=1S/C15H27/c1-15(12-8-5-9-13-15)14-10-6-3-2-4-7-11-14/h2-13H2,1H3. The van der Waals surface area contributed by atoms with Gasteiger partial charge in [-0.2, -0.15) is 0 Å². The highest BCUT2D eigenvalue weighted by atomic mass is 14.4. The third-order valence-corrected chi connectivity index (χ3v) is 4.77.